The molecular weight excluding hydrogens is 324 g/mol. The minimum atomic E-state index is -1.08. The van der Waals surface area contributed by atoms with Gasteiger partial charge in [0.25, 0.3) is 0 Å². The molecule has 1 aliphatic heterocycles. The van der Waals surface area contributed by atoms with Gasteiger partial charge in [0, 0.05) is 20.1 Å². The van der Waals surface area contributed by atoms with E-state index in [0.29, 0.717) is 18.3 Å². The third kappa shape index (κ3) is 4.08. The van der Waals surface area contributed by atoms with E-state index in [4.69, 9.17) is 5.11 Å². The van der Waals surface area contributed by atoms with Gasteiger partial charge in [-0.2, -0.15) is 0 Å². The van der Waals surface area contributed by atoms with Crippen molar-refractivity contribution in [3.8, 4) is 0 Å². The maximum Gasteiger partial charge on any atom is 0.404 e. The standard InChI is InChI=1S/C16H26N6O3/c1-21-14(18-19-20-21)13-7-4-8-22(13)15(23)12(10-17-16(24)25)9-11-5-2-3-6-11/h11-13,17H,2-10H2,1H3,(H,24,25)/t12-,13+/m1/s1. The fraction of sp³-hybridized carbons (Fsp3) is 0.812. The van der Waals surface area contributed by atoms with Crippen molar-refractivity contribution in [1.82, 2.24) is 30.4 Å². The number of hydrogen-bond acceptors (Lipinski definition) is 5. The zero-order valence-electron chi connectivity index (χ0n) is 14.6. The van der Waals surface area contributed by atoms with E-state index in [1.165, 1.54) is 12.8 Å². The SMILES string of the molecule is Cn1nnnc1[C@@H]1CCCN1C(=O)[C@@H](CNC(=O)O)CC1CCCC1. The molecule has 2 aliphatic rings. The third-order valence-electron chi connectivity index (χ3n) is 5.43. The van der Waals surface area contributed by atoms with Gasteiger partial charge in [0.15, 0.2) is 5.82 Å². The van der Waals surface area contributed by atoms with Crippen molar-refractivity contribution in [3.63, 3.8) is 0 Å². The Labute approximate surface area is 146 Å². The van der Waals surface area contributed by atoms with Crippen LogP contribution in [0.2, 0.25) is 0 Å². The highest BCUT2D eigenvalue weighted by molar-refractivity contribution is 5.80. The summed E-state index contributed by atoms with van der Waals surface area (Å²) in [5.41, 5.74) is 0. The number of carbonyl (C=O) groups is 2. The first-order valence-electron chi connectivity index (χ1n) is 9.05. The van der Waals surface area contributed by atoms with Gasteiger partial charge in [-0.25, -0.2) is 9.48 Å². The number of carboxylic acid groups (broad SMARTS) is 1. The minimum Gasteiger partial charge on any atom is -0.465 e. The maximum atomic E-state index is 13.2. The topological polar surface area (TPSA) is 113 Å². The van der Waals surface area contributed by atoms with Crippen molar-refractivity contribution in [3.05, 3.63) is 5.82 Å². The van der Waals surface area contributed by atoms with Crippen LogP contribution in [0.25, 0.3) is 0 Å². The van der Waals surface area contributed by atoms with Crippen molar-refractivity contribution >= 4 is 12.0 Å². The number of likely N-dealkylation sites (tertiary alicyclic amines) is 1. The molecule has 2 fully saturated rings. The molecule has 138 valence electrons. The highest BCUT2D eigenvalue weighted by atomic mass is 16.4. The Balaban J connectivity index is 1.72. The van der Waals surface area contributed by atoms with E-state index in [1.54, 1.807) is 11.7 Å². The molecule has 1 aromatic heterocycles. The highest BCUT2D eigenvalue weighted by Crippen LogP contribution is 2.35. The van der Waals surface area contributed by atoms with Crippen LogP contribution in [-0.2, 0) is 11.8 Å². The second-order valence-corrected chi connectivity index (χ2v) is 7.12. The Hall–Kier alpha value is -2.19. The largest absolute Gasteiger partial charge is 0.465 e. The molecular formula is C16H26N6O3. The quantitative estimate of drug-likeness (QED) is 0.800. The zero-order chi connectivity index (χ0) is 17.8. The molecule has 0 spiro atoms. The third-order valence-corrected chi connectivity index (χ3v) is 5.43. The Morgan fingerprint density at radius 3 is 2.68 bits per heavy atom. The van der Waals surface area contributed by atoms with Crippen molar-refractivity contribution in [2.24, 2.45) is 18.9 Å². The summed E-state index contributed by atoms with van der Waals surface area (Å²) in [6.45, 7) is 0.843. The first-order valence-corrected chi connectivity index (χ1v) is 9.05. The predicted molar refractivity (Wildman–Crippen MR) is 88.6 cm³/mol. The molecule has 2 heterocycles. The van der Waals surface area contributed by atoms with Gasteiger partial charge in [-0.15, -0.1) is 5.10 Å². The van der Waals surface area contributed by atoms with Gasteiger partial charge >= 0.3 is 6.09 Å². The molecule has 25 heavy (non-hydrogen) atoms. The molecule has 1 saturated carbocycles. The summed E-state index contributed by atoms with van der Waals surface area (Å²) in [5.74, 6) is 0.908. The van der Waals surface area contributed by atoms with Gasteiger partial charge < -0.3 is 15.3 Å². The summed E-state index contributed by atoms with van der Waals surface area (Å²) in [6, 6.07) is -0.122. The van der Waals surface area contributed by atoms with E-state index in [1.807, 2.05) is 4.90 Å². The number of tetrazole rings is 1. The second-order valence-electron chi connectivity index (χ2n) is 7.12. The molecule has 0 unspecified atom stereocenters. The molecule has 3 rings (SSSR count). The highest BCUT2D eigenvalue weighted by Gasteiger charge is 2.37. The summed E-state index contributed by atoms with van der Waals surface area (Å²) in [5, 5.41) is 23.0. The summed E-state index contributed by atoms with van der Waals surface area (Å²) in [6.07, 6.45) is 6.08. The fourth-order valence-electron chi connectivity index (χ4n) is 4.18. The lowest BCUT2D eigenvalue weighted by atomic mass is 9.91. The number of nitrogens with one attached hydrogen (secondary N) is 1. The Kier molecular flexibility index (Phi) is 5.50. The lowest BCUT2D eigenvalue weighted by Crippen LogP contribution is -2.42. The summed E-state index contributed by atoms with van der Waals surface area (Å²) in [4.78, 5) is 25.9. The summed E-state index contributed by atoms with van der Waals surface area (Å²) >= 11 is 0. The molecule has 0 radical (unpaired) electrons. The van der Waals surface area contributed by atoms with Crippen LogP contribution >= 0.6 is 0 Å². The lowest BCUT2D eigenvalue weighted by Gasteiger charge is -2.29. The van der Waals surface area contributed by atoms with Crippen LogP contribution < -0.4 is 5.32 Å². The number of carbonyl (C=O) groups excluding carboxylic acids is 1. The van der Waals surface area contributed by atoms with Gasteiger partial charge in [0.1, 0.15) is 0 Å². The molecule has 0 aromatic carbocycles. The van der Waals surface area contributed by atoms with Gasteiger partial charge in [0.2, 0.25) is 5.91 Å². The molecule has 2 amide bonds. The number of rotatable bonds is 6. The molecule has 0 bridgehead atoms. The first kappa shape index (κ1) is 17.6. The molecule has 1 saturated heterocycles. The predicted octanol–water partition coefficient (Wildman–Crippen LogP) is 1.34. The van der Waals surface area contributed by atoms with Crippen LogP contribution in [0.15, 0.2) is 0 Å². The number of aryl methyl sites for hydroxylation is 1. The molecule has 1 aliphatic carbocycles. The Morgan fingerprint density at radius 1 is 1.28 bits per heavy atom. The van der Waals surface area contributed by atoms with E-state index in [9.17, 15) is 9.59 Å². The van der Waals surface area contributed by atoms with Crippen LogP contribution in [0.1, 0.15) is 56.8 Å². The number of nitrogens with zero attached hydrogens (tertiary/aromatic N) is 5. The number of hydrogen-bond donors (Lipinski definition) is 2. The minimum absolute atomic E-state index is 0.0196. The van der Waals surface area contributed by atoms with E-state index in [2.05, 4.69) is 20.8 Å². The Morgan fingerprint density at radius 2 is 2.04 bits per heavy atom. The number of aromatic nitrogens is 4. The fourth-order valence-corrected chi connectivity index (χ4v) is 4.18. The molecule has 9 heteroatoms. The maximum absolute atomic E-state index is 13.2. The lowest BCUT2D eigenvalue weighted by molar-refractivity contribution is -0.137. The van der Waals surface area contributed by atoms with E-state index >= 15 is 0 Å². The van der Waals surface area contributed by atoms with Crippen LogP contribution in [0.5, 0.6) is 0 Å². The number of amides is 2. The molecule has 9 nitrogen and oxygen atoms in total. The summed E-state index contributed by atoms with van der Waals surface area (Å²) in [7, 11) is 1.78. The normalized spacial score (nSPS) is 22.3. The van der Waals surface area contributed by atoms with Crippen molar-refractivity contribution in [1.29, 1.82) is 0 Å². The smallest absolute Gasteiger partial charge is 0.404 e. The molecule has 2 atom stereocenters. The van der Waals surface area contributed by atoms with Crippen molar-refractivity contribution in [2.75, 3.05) is 13.1 Å². The van der Waals surface area contributed by atoms with Crippen LogP contribution in [0.4, 0.5) is 4.79 Å². The van der Waals surface area contributed by atoms with Crippen LogP contribution in [0, 0.1) is 11.8 Å². The van der Waals surface area contributed by atoms with E-state index in [0.717, 1.165) is 32.1 Å². The van der Waals surface area contributed by atoms with Gasteiger partial charge in [-0.1, -0.05) is 25.7 Å². The molecule has 1 aromatic rings. The van der Waals surface area contributed by atoms with Crippen molar-refractivity contribution < 1.29 is 14.7 Å². The average Bonchev–Trinajstić information content (AvgIpc) is 3.31. The van der Waals surface area contributed by atoms with Gasteiger partial charge in [-0.3, -0.25) is 4.79 Å². The van der Waals surface area contributed by atoms with E-state index < -0.39 is 6.09 Å². The van der Waals surface area contributed by atoms with Crippen LogP contribution in [-0.4, -0.2) is 55.3 Å². The van der Waals surface area contributed by atoms with E-state index in [-0.39, 0.29) is 24.4 Å². The zero-order valence-corrected chi connectivity index (χ0v) is 14.6. The average molecular weight is 350 g/mol. The first-order chi connectivity index (χ1) is 12.1. The van der Waals surface area contributed by atoms with Crippen LogP contribution in [0.3, 0.4) is 0 Å². The monoisotopic (exact) mass is 350 g/mol. The van der Waals surface area contributed by atoms with Gasteiger partial charge in [0.05, 0.1) is 12.0 Å². The summed E-state index contributed by atoms with van der Waals surface area (Å²) < 4.78 is 1.61. The molecule has 2 N–H and O–H groups in total. The van der Waals surface area contributed by atoms with Gasteiger partial charge in [-0.05, 0) is 35.6 Å². The van der Waals surface area contributed by atoms with Crippen molar-refractivity contribution in [2.45, 2.75) is 51.0 Å². The Bertz CT molecular complexity index is 613. The second kappa shape index (κ2) is 7.79.